The molecular formula is C71H83N6O+3. The molecule has 0 radical (unpaired) electrons. The van der Waals surface area contributed by atoms with Gasteiger partial charge in [0, 0.05) is 71.6 Å². The first-order valence-corrected chi connectivity index (χ1v) is 28.6. The Morgan fingerprint density at radius 2 is 0.821 bits per heavy atom. The summed E-state index contributed by atoms with van der Waals surface area (Å²) in [7, 11) is 0. The van der Waals surface area contributed by atoms with Crippen molar-refractivity contribution in [3.63, 3.8) is 0 Å². The van der Waals surface area contributed by atoms with Gasteiger partial charge < -0.3 is 4.42 Å². The molecule has 4 aliphatic rings. The highest BCUT2D eigenvalue weighted by molar-refractivity contribution is 5.90. The standard InChI is InChI=1S/C30H33N2.C22H27N2.C19H23N2O/c1-16-17(2)19(4)31-20(5)32-28(27(31)18(16)3)23-15-25-22(14-26(23)30(32,8)9)21-12-10-11-13-24(21)29(25,6)7;1-13-14(2)16(4)23-17(5)24-20(21(23)15(13)3)12-18-10-8-9-11-19(18)22(24,6)7;1-10-11(2)13(4)20-14(5)21-17(16(20)12(10)3)18-15(8-9-22-18)19(21,6)7/h10-15H,1-9H3;8-11H,12H2,1-7H3;8-9H,1-7H3/q3*+1. The fourth-order valence-electron chi connectivity index (χ4n) is 15.9. The molecule has 7 aromatic heterocycles. The number of hydrogen-bond donors (Lipinski definition) is 0. The first-order chi connectivity index (χ1) is 36.5. The van der Waals surface area contributed by atoms with Crippen LogP contribution in [0.25, 0.3) is 50.4 Å². The van der Waals surface area contributed by atoms with E-state index >= 15 is 0 Å². The van der Waals surface area contributed by atoms with E-state index in [0.717, 1.165) is 12.2 Å². The summed E-state index contributed by atoms with van der Waals surface area (Å²) in [6, 6.07) is 25.0. The lowest BCUT2D eigenvalue weighted by Crippen LogP contribution is -2.59. The number of imidazole rings is 3. The van der Waals surface area contributed by atoms with Crippen LogP contribution in [0.15, 0.2) is 77.4 Å². The van der Waals surface area contributed by atoms with Crippen molar-refractivity contribution >= 4 is 16.6 Å². The lowest BCUT2D eigenvalue weighted by atomic mass is 9.80. The highest BCUT2D eigenvalue weighted by Gasteiger charge is 2.51. The summed E-state index contributed by atoms with van der Waals surface area (Å²) in [5, 5.41) is 0. The van der Waals surface area contributed by atoms with Gasteiger partial charge in [0.25, 0.3) is 17.5 Å². The molecule has 0 fully saturated rings. The first kappa shape index (κ1) is 51.7. The van der Waals surface area contributed by atoms with Crippen LogP contribution in [0, 0.1) is 104 Å². The van der Waals surface area contributed by atoms with E-state index < -0.39 is 0 Å². The molecule has 10 heterocycles. The largest absolute Gasteiger partial charge is 0.460 e. The maximum atomic E-state index is 5.89. The molecule has 7 nitrogen and oxygen atoms in total. The average Bonchev–Trinajstić information content (AvgIpc) is 4.40. The molecule has 0 amide bonds. The van der Waals surface area contributed by atoms with Gasteiger partial charge in [0.15, 0.2) is 33.7 Å². The summed E-state index contributed by atoms with van der Waals surface area (Å²) in [6.07, 6.45) is 2.83. The SMILES string of the molecule is Cc1c(C)c(C)n2c(C)[n+]3c(c2c1C)-c1cc2c(cc1C3(C)C)-c1ccccc1C2(C)C.Cc1c(C)c(C)n2c(C)[n+]3c(c2c1C)-c1occc1C3(C)C.Cc1c(C)c(C)n2c(C)[n+]3c(c2c1C)Cc1ccccc1C3(C)C. The molecule has 10 aromatic rings. The van der Waals surface area contributed by atoms with Crippen molar-refractivity contribution in [2.24, 2.45) is 0 Å². The molecular weight excluding hydrogens is 953 g/mol. The number of pyridine rings is 3. The second-order valence-corrected chi connectivity index (χ2v) is 26.0. The molecule has 1 aliphatic carbocycles. The van der Waals surface area contributed by atoms with E-state index in [9.17, 15) is 0 Å². The number of nitrogens with zero attached hydrogens (tertiary/aromatic N) is 6. The van der Waals surface area contributed by atoms with Gasteiger partial charge in [-0.15, -0.1) is 0 Å². The Morgan fingerprint density at radius 1 is 0.385 bits per heavy atom. The monoisotopic (exact) mass is 1040 g/mol. The van der Waals surface area contributed by atoms with Crippen LogP contribution in [0.4, 0.5) is 0 Å². The third kappa shape index (κ3) is 6.30. The number of aromatic nitrogens is 6. The van der Waals surface area contributed by atoms with E-state index in [-0.39, 0.29) is 22.0 Å². The zero-order valence-electron chi connectivity index (χ0n) is 51.2. The van der Waals surface area contributed by atoms with Gasteiger partial charge in [0.1, 0.15) is 33.7 Å². The number of furan rings is 1. The third-order valence-corrected chi connectivity index (χ3v) is 21.0. The molecule has 0 saturated heterocycles. The van der Waals surface area contributed by atoms with Crippen LogP contribution in [0.3, 0.4) is 0 Å². The second kappa shape index (κ2) is 16.5. The molecule has 3 aliphatic heterocycles. The quantitative estimate of drug-likeness (QED) is 0.140. The van der Waals surface area contributed by atoms with Crippen LogP contribution < -0.4 is 13.7 Å². The minimum atomic E-state index is -0.0990. The highest BCUT2D eigenvalue weighted by Crippen LogP contribution is 2.54. The number of rotatable bonds is 0. The molecule has 0 bridgehead atoms. The Morgan fingerprint density at radius 3 is 1.40 bits per heavy atom. The summed E-state index contributed by atoms with van der Waals surface area (Å²) in [5.41, 5.74) is 37.3. The van der Waals surface area contributed by atoms with Gasteiger partial charge in [0.05, 0.1) is 6.26 Å². The zero-order chi connectivity index (χ0) is 56.3. The topological polar surface area (TPSA) is 38.0 Å². The normalized spacial score (nSPS) is 16.0. The van der Waals surface area contributed by atoms with Crippen LogP contribution in [0.1, 0.15) is 179 Å². The number of fused-ring (bicyclic) bond motifs is 17. The van der Waals surface area contributed by atoms with E-state index in [0.29, 0.717) is 0 Å². The zero-order valence-corrected chi connectivity index (χ0v) is 51.2. The molecule has 0 unspecified atom stereocenters. The third-order valence-electron chi connectivity index (χ3n) is 21.0. The molecule has 78 heavy (non-hydrogen) atoms. The highest BCUT2D eigenvalue weighted by atomic mass is 16.3. The molecule has 0 spiro atoms. The lowest BCUT2D eigenvalue weighted by Gasteiger charge is -2.31. The maximum absolute atomic E-state index is 5.89. The van der Waals surface area contributed by atoms with E-state index in [2.05, 4.69) is 253 Å². The number of aryl methyl sites for hydroxylation is 9. The van der Waals surface area contributed by atoms with Crippen molar-refractivity contribution in [1.82, 2.24) is 13.2 Å². The predicted molar refractivity (Wildman–Crippen MR) is 319 cm³/mol. The van der Waals surface area contributed by atoms with Crippen molar-refractivity contribution in [1.29, 1.82) is 0 Å². The summed E-state index contributed by atoms with van der Waals surface area (Å²) in [5.74, 6) is 4.95. The number of hydrogen-bond acceptors (Lipinski definition) is 1. The molecule has 0 atom stereocenters. The van der Waals surface area contributed by atoms with Gasteiger partial charge in [-0.05, 0) is 204 Å². The maximum Gasteiger partial charge on any atom is 0.260 e. The first-order valence-electron chi connectivity index (χ1n) is 28.6. The van der Waals surface area contributed by atoms with Crippen LogP contribution in [-0.4, -0.2) is 13.2 Å². The van der Waals surface area contributed by atoms with Crippen LogP contribution in [0.2, 0.25) is 0 Å². The minimum absolute atomic E-state index is 0.0145. The smallest absolute Gasteiger partial charge is 0.260 e. The van der Waals surface area contributed by atoms with E-state index in [4.69, 9.17) is 4.42 Å². The average molecular weight is 1040 g/mol. The van der Waals surface area contributed by atoms with Gasteiger partial charge >= 0.3 is 0 Å². The molecule has 7 heteroatoms. The molecule has 0 N–H and O–H groups in total. The molecule has 0 saturated carbocycles. The summed E-state index contributed by atoms with van der Waals surface area (Å²) in [4.78, 5) is 0. The van der Waals surface area contributed by atoms with Crippen molar-refractivity contribution < 1.29 is 18.1 Å². The van der Waals surface area contributed by atoms with Gasteiger partial charge in [-0.3, -0.25) is 0 Å². The lowest BCUT2D eigenvalue weighted by molar-refractivity contribution is -0.759. The van der Waals surface area contributed by atoms with Crippen molar-refractivity contribution in [2.45, 2.75) is 188 Å². The minimum Gasteiger partial charge on any atom is -0.460 e. The Balaban J connectivity index is 0.000000120. The fraction of sp³-hybridized carbons (Fsp3) is 0.394. The van der Waals surface area contributed by atoms with Crippen molar-refractivity contribution in [3.8, 4) is 33.8 Å². The van der Waals surface area contributed by atoms with Crippen LogP contribution >= 0.6 is 0 Å². The van der Waals surface area contributed by atoms with Gasteiger partial charge in [-0.2, -0.15) is 13.2 Å². The molecule has 400 valence electrons. The predicted octanol–water partition coefficient (Wildman–Crippen LogP) is 15.4. The Labute approximate surface area is 463 Å². The van der Waals surface area contributed by atoms with Crippen molar-refractivity contribution in [2.75, 3.05) is 0 Å². The van der Waals surface area contributed by atoms with E-state index in [1.807, 2.05) is 6.26 Å². The van der Waals surface area contributed by atoms with Gasteiger partial charge in [-0.1, -0.05) is 62.4 Å². The number of benzene rings is 3. The molecule has 14 rings (SSSR count). The Bertz CT molecular complexity index is 4330. The van der Waals surface area contributed by atoms with Crippen LogP contribution in [0.5, 0.6) is 0 Å². The summed E-state index contributed by atoms with van der Waals surface area (Å²) < 4.78 is 20.9. The van der Waals surface area contributed by atoms with Gasteiger partial charge in [0.2, 0.25) is 5.69 Å². The van der Waals surface area contributed by atoms with E-state index in [1.54, 1.807) is 0 Å². The molecule has 3 aromatic carbocycles. The second-order valence-electron chi connectivity index (χ2n) is 26.0. The van der Waals surface area contributed by atoms with Gasteiger partial charge in [-0.25, -0.2) is 13.7 Å². The summed E-state index contributed by atoms with van der Waals surface area (Å²) in [6.45, 7) is 52.6. The van der Waals surface area contributed by atoms with Crippen LogP contribution in [-0.2, 0) is 28.5 Å². The summed E-state index contributed by atoms with van der Waals surface area (Å²) >= 11 is 0. The van der Waals surface area contributed by atoms with Crippen molar-refractivity contribution in [3.05, 3.63) is 197 Å². The fourth-order valence-corrected chi connectivity index (χ4v) is 15.9. The Kier molecular flexibility index (Phi) is 11.0. The van der Waals surface area contributed by atoms with E-state index in [1.165, 1.54) is 168 Å². The Hall–Kier alpha value is -6.99.